The average Bonchev–Trinajstić information content (AvgIpc) is 3.38. The molecule has 0 N–H and O–H groups in total. The van der Waals surface area contributed by atoms with Crippen LogP contribution >= 0.6 is 15.8 Å². The molecule has 0 aromatic heterocycles. The highest BCUT2D eigenvalue weighted by atomic mass is 31.1. The highest BCUT2D eigenvalue weighted by Crippen LogP contribution is 2.43. The molecule has 0 radical (unpaired) electrons. The van der Waals surface area contributed by atoms with Crippen LogP contribution in [0.15, 0.2) is 121 Å². The van der Waals surface area contributed by atoms with Gasteiger partial charge in [0.15, 0.2) is 0 Å². The van der Waals surface area contributed by atoms with Gasteiger partial charge in [0.2, 0.25) is 0 Å². The van der Waals surface area contributed by atoms with E-state index in [1.165, 1.54) is 21.2 Å². The number of benzene rings is 4. The molecule has 40 heavy (non-hydrogen) atoms. The number of carbonyl (C=O) groups is 1. The molecule has 1 saturated heterocycles. The fraction of sp³-hybridized carbons (Fsp3) is 0.286. The summed E-state index contributed by atoms with van der Waals surface area (Å²) < 4.78 is 5.97. The normalized spacial score (nSPS) is 17.4. The minimum absolute atomic E-state index is 0.134. The van der Waals surface area contributed by atoms with Gasteiger partial charge in [0.1, 0.15) is 5.60 Å². The number of rotatable bonds is 8. The first kappa shape index (κ1) is 28.5. The van der Waals surface area contributed by atoms with Crippen molar-refractivity contribution in [1.29, 1.82) is 0 Å². The molecule has 4 aromatic rings. The number of carbonyl (C=O) groups excluding carboxylic acids is 1. The van der Waals surface area contributed by atoms with E-state index in [0.29, 0.717) is 5.92 Å². The summed E-state index contributed by atoms with van der Waals surface area (Å²) in [5.74, 6) is 0.410. The molecule has 0 saturated carbocycles. The van der Waals surface area contributed by atoms with E-state index < -0.39 is 21.4 Å². The van der Waals surface area contributed by atoms with Crippen molar-refractivity contribution in [2.45, 2.75) is 38.8 Å². The predicted octanol–water partition coefficient (Wildman–Crippen LogP) is 6.88. The zero-order chi connectivity index (χ0) is 28.0. The Balaban J connectivity index is 1.44. The van der Waals surface area contributed by atoms with Crippen molar-refractivity contribution in [2.24, 2.45) is 5.92 Å². The van der Waals surface area contributed by atoms with Gasteiger partial charge >= 0.3 is 6.09 Å². The molecule has 4 aromatic carbocycles. The first-order valence-electron chi connectivity index (χ1n) is 14.1. The summed E-state index contributed by atoms with van der Waals surface area (Å²) >= 11 is 0. The van der Waals surface area contributed by atoms with Crippen LogP contribution in [-0.2, 0) is 4.74 Å². The van der Waals surface area contributed by atoms with Gasteiger partial charge in [-0.3, -0.25) is 0 Å². The molecular weight excluding hydrogens is 528 g/mol. The summed E-state index contributed by atoms with van der Waals surface area (Å²) in [6, 6.07) is 43.6. The smallest absolute Gasteiger partial charge is 0.410 e. The largest absolute Gasteiger partial charge is 0.444 e. The van der Waals surface area contributed by atoms with Crippen LogP contribution in [0.3, 0.4) is 0 Å². The van der Waals surface area contributed by atoms with Crippen LogP contribution in [0.5, 0.6) is 0 Å². The van der Waals surface area contributed by atoms with Gasteiger partial charge in [0.25, 0.3) is 0 Å². The van der Waals surface area contributed by atoms with Crippen molar-refractivity contribution in [2.75, 3.05) is 18.9 Å². The lowest BCUT2D eigenvalue weighted by molar-refractivity contribution is 0.0237. The summed E-state index contributed by atoms with van der Waals surface area (Å²) in [4.78, 5) is 15.7. The van der Waals surface area contributed by atoms with Crippen LogP contribution < -0.4 is 21.2 Å². The van der Waals surface area contributed by atoms with Crippen LogP contribution in [-0.4, -0.2) is 41.5 Å². The van der Waals surface area contributed by atoms with E-state index in [0.717, 1.165) is 25.3 Å². The van der Waals surface area contributed by atoms with Crippen molar-refractivity contribution in [3.8, 4) is 0 Å². The van der Waals surface area contributed by atoms with Gasteiger partial charge in [-0.2, -0.15) is 0 Å². The molecule has 1 aliphatic rings. The lowest BCUT2D eigenvalue weighted by Gasteiger charge is -2.31. The van der Waals surface area contributed by atoms with Gasteiger partial charge in [-0.15, -0.1) is 0 Å². The minimum atomic E-state index is -0.618. The van der Waals surface area contributed by atoms with Crippen molar-refractivity contribution >= 4 is 43.2 Å². The Morgan fingerprint density at radius 3 is 1.43 bits per heavy atom. The molecule has 5 heteroatoms. The molecule has 0 spiro atoms. The van der Waals surface area contributed by atoms with E-state index in [-0.39, 0.29) is 12.1 Å². The van der Waals surface area contributed by atoms with Gasteiger partial charge in [0.05, 0.1) is 0 Å². The second kappa shape index (κ2) is 13.1. The third-order valence-electron chi connectivity index (χ3n) is 7.23. The number of hydrogen-bond donors (Lipinski definition) is 0. The number of amides is 1. The summed E-state index contributed by atoms with van der Waals surface area (Å²) in [7, 11) is -1.15. The second-order valence-electron chi connectivity index (χ2n) is 11.5. The van der Waals surface area contributed by atoms with Crippen LogP contribution in [0.25, 0.3) is 0 Å². The molecule has 0 aliphatic carbocycles. The summed E-state index contributed by atoms with van der Waals surface area (Å²) in [6.45, 7) is 6.61. The molecule has 1 amide bonds. The molecular formula is C35H39NO2P2. The zero-order valence-electron chi connectivity index (χ0n) is 23.7. The minimum Gasteiger partial charge on any atom is -0.444 e. The number of nitrogens with zero attached hydrogens (tertiary/aromatic N) is 1. The highest BCUT2D eigenvalue weighted by Gasteiger charge is 2.40. The molecule has 1 heterocycles. The van der Waals surface area contributed by atoms with Gasteiger partial charge in [0, 0.05) is 12.6 Å². The molecule has 1 fully saturated rings. The Hall–Kier alpha value is -2.99. The van der Waals surface area contributed by atoms with Gasteiger partial charge < -0.3 is 9.64 Å². The SMILES string of the molecule is CC(C)(C)OC(=O)N1C[C@H](CP(c2ccccc2)c2ccccc2)C[C@@H]1CP(c1ccccc1)c1ccccc1. The Labute approximate surface area is 242 Å². The summed E-state index contributed by atoms with van der Waals surface area (Å²) in [5, 5.41) is 5.50. The Morgan fingerprint density at radius 1 is 0.675 bits per heavy atom. The second-order valence-corrected chi connectivity index (χ2v) is 16.0. The molecule has 5 rings (SSSR count). The van der Waals surface area contributed by atoms with Crippen LogP contribution in [0.4, 0.5) is 4.79 Å². The quantitative estimate of drug-likeness (QED) is 0.217. The van der Waals surface area contributed by atoms with Crippen molar-refractivity contribution in [1.82, 2.24) is 4.90 Å². The van der Waals surface area contributed by atoms with Crippen molar-refractivity contribution < 1.29 is 9.53 Å². The van der Waals surface area contributed by atoms with E-state index in [4.69, 9.17) is 4.74 Å². The predicted molar refractivity (Wildman–Crippen MR) is 173 cm³/mol. The lowest BCUT2D eigenvalue weighted by Crippen LogP contribution is -2.42. The van der Waals surface area contributed by atoms with E-state index in [2.05, 4.69) is 126 Å². The van der Waals surface area contributed by atoms with Gasteiger partial charge in [-0.05, 0) is 82.5 Å². The van der Waals surface area contributed by atoms with E-state index in [1.54, 1.807) is 0 Å². The third kappa shape index (κ3) is 7.39. The Kier molecular flexibility index (Phi) is 9.36. The average molecular weight is 568 g/mol. The third-order valence-corrected chi connectivity index (χ3v) is 12.6. The van der Waals surface area contributed by atoms with E-state index >= 15 is 0 Å². The first-order valence-corrected chi connectivity index (χ1v) is 17.2. The maximum absolute atomic E-state index is 13.6. The first-order chi connectivity index (χ1) is 19.4. The zero-order valence-corrected chi connectivity index (χ0v) is 25.5. The lowest BCUT2D eigenvalue weighted by atomic mass is 10.1. The molecule has 0 unspecified atom stereocenters. The van der Waals surface area contributed by atoms with Crippen LogP contribution in [0, 0.1) is 5.92 Å². The molecule has 206 valence electrons. The Morgan fingerprint density at radius 2 is 1.05 bits per heavy atom. The monoisotopic (exact) mass is 567 g/mol. The summed E-state index contributed by atoms with van der Waals surface area (Å²) in [5.41, 5.74) is -0.524. The topological polar surface area (TPSA) is 29.5 Å². The molecule has 2 atom stereocenters. The van der Waals surface area contributed by atoms with Gasteiger partial charge in [-0.25, -0.2) is 4.79 Å². The van der Waals surface area contributed by atoms with Crippen molar-refractivity contribution in [3.63, 3.8) is 0 Å². The Bertz CT molecular complexity index is 1270. The summed E-state index contributed by atoms with van der Waals surface area (Å²) in [6.07, 6.45) is 2.82. The number of ether oxygens (including phenoxy) is 1. The maximum Gasteiger partial charge on any atom is 0.410 e. The number of hydrogen-bond acceptors (Lipinski definition) is 2. The van der Waals surface area contributed by atoms with E-state index in [9.17, 15) is 4.79 Å². The fourth-order valence-corrected chi connectivity index (χ4v) is 10.6. The van der Waals surface area contributed by atoms with Crippen molar-refractivity contribution in [3.05, 3.63) is 121 Å². The van der Waals surface area contributed by atoms with Crippen LogP contribution in [0.1, 0.15) is 27.2 Å². The fourth-order valence-electron chi connectivity index (χ4n) is 5.48. The van der Waals surface area contributed by atoms with Gasteiger partial charge in [-0.1, -0.05) is 121 Å². The van der Waals surface area contributed by atoms with Crippen LogP contribution in [0.2, 0.25) is 0 Å². The molecule has 0 bridgehead atoms. The molecule has 3 nitrogen and oxygen atoms in total. The molecule has 1 aliphatic heterocycles. The standard InChI is InChI=1S/C35H39NO2P2/c1-35(2,3)38-34(37)36-25-28(26-39(30-16-8-4-9-17-30)31-18-10-5-11-19-31)24-29(36)27-40(32-20-12-6-13-21-32)33-22-14-7-15-23-33/h4-23,28-29H,24-27H2,1-3H3/t28-,29-/m1/s1. The highest BCUT2D eigenvalue weighted by molar-refractivity contribution is 7.73. The van der Waals surface area contributed by atoms with E-state index in [1.807, 2.05) is 20.8 Å². The maximum atomic E-state index is 13.6. The number of likely N-dealkylation sites (tertiary alicyclic amines) is 1.